The zero-order chi connectivity index (χ0) is 26.1. The third kappa shape index (κ3) is 7.46. The van der Waals surface area contributed by atoms with Crippen LogP contribution in [0.1, 0.15) is 5.56 Å². The van der Waals surface area contributed by atoms with Crippen LogP contribution in [-0.4, -0.2) is 37.7 Å². The van der Waals surface area contributed by atoms with Crippen molar-refractivity contribution in [3.63, 3.8) is 0 Å². The molecule has 0 aliphatic rings. The second kappa shape index (κ2) is 12.6. The topological polar surface area (TPSA) is 118 Å². The van der Waals surface area contributed by atoms with Crippen LogP contribution in [0.15, 0.2) is 65.8 Å². The maximum atomic E-state index is 13.6. The zero-order valence-electron chi connectivity index (χ0n) is 18.7. The number of carbonyl (C=O) groups excluding carboxylic acids is 3. The summed E-state index contributed by atoms with van der Waals surface area (Å²) in [5.41, 5.74) is 2.83. The Kier molecular flexibility index (Phi) is 9.27. The minimum atomic E-state index is -1.09. The number of para-hydroxylation sites is 1. The summed E-state index contributed by atoms with van der Waals surface area (Å²) in [6.45, 7) is -0.329. The largest absolute Gasteiger partial charge is 0.493 e. The summed E-state index contributed by atoms with van der Waals surface area (Å²) in [4.78, 5) is 36.0. The van der Waals surface area contributed by atoms with Crippen molar-refractivity contribution in [3.8, 4) is 11.5 Å². The van der Waals surface area contributed by atoms with E-state index in [0.29, 0.717) is 26.3 Å². The molecule has 0 fully saturated rings. The molecule has 0 aliphatic carbocycles. The van der Waals surface area contributed by atoms with Gasteiger partial charge in [0.1, 0.15) is 11.6 Å². The van der Waals surface area contributed by atoms with Crippen molar-refractivity contribution in [1.29, 1.82) is 0 Å². The molecule has 0 saturated carbocycles. The Hall–Kier alpha value is -4.07. The lowest BCUT2D eigenvalue weighted by molar-refractivity contribution is -0.136. The van der Waals surface area contributed by atoms with Gasteiger partial charge in [0.15, 0.2) is 18.1 Å². The van der Waals surface area contributed by atoms with Gasteiger partial charge >= 0.3 is 11.8 Å². The standard InChI is InChI=1S/C24H19F2IN4O5/c1-35-20-11-14(12-28-31-24(34)23(33)30-19-5-3-2-4-17(19)26)10-18(27)22(20)36-13-21(32)29-16-8-6-15(25)7-9-16/h2-12H,13H2,1H3,(H,29,32)(H,30,33)(H,31,34)/b28-12-. The van der Waals surface area contributed by atoms with E-state index in [0.717, 1.165) is 6.07 Å². The quantitative estimate of drug-likeness (QED) is 0.156. The van der Waals surface area contributed by atoms with Crippen LogP contribution in [0.25, 0.3) is 0 Å². The number of benzene rings is 3. The summed E-state index contributed by atoms with van der Waals surface area (Å²) >= 11 is 1.97. The Morgan fingerprint density at radius 2 is 1.72 bits per heavy atom. The van der Waals surface area contributed by atoms with Crippen molar-refractivity contribution in [2.75, 3.05) is 24.4 Å². The number of carbonyl (C=O) groups is 3. The van der Waals surface area contributed by atoms with E-state index in [4.69, 9.17) is 9.47 Å². The highest BCUT2D eigenvalue weighted by Gasteiger charge is 2.16. The van der Waals surface area contributed by atoms with E-state index in [1.807, 2.05) is 22.6 Å². The first-order valence-electron chi connectivity index (χ1n) is 10.2. The predicted molar refractivity (Wildman–Crippen MR) is 137 cm³/mol. The third-order valence-corrected chi connectivity index (χ3v) is 5.24. The second-order valence-corrected chi connectivity index (χ2v) is 8.17. The maximum Gasteiger partial charge on any atom is 0.329 e. The Bertz CT molecular complexity index is 1300. The zero-order valence-corrected chi connectivity index (χ0v) is 20.8. The molecule has 0 spiro atoms. The van der Waals surface area contributed by atoms with Crippen LogP contribution in [0.5, 0.6) is 11.5 Å². The number of hydrazone groups is 1. The summed E-state index contributed by atoms with van der Waals surface area (Å²) in [5, 5.41) is 8.46. The molecule has 12 heteroatoms. The van der Waals surface area contributed by atoms with Crippen molar-refractivity contribution in [1.82, 2.24) is 5.43 Å². The first kappa shape index (κ1) is 26.5. The van der Waals surface area contributed by atoms with E-state index >= 15 is 0 Å². The lowest BCUT2D eigenvalue weighted by Crippen LogP contribution is -2.32. The van der Waals surface area contributed by atoms with Gasteiger partial charge in [-0.05, 0) is 76.7 Å². The smallest absolute Gasteiger partial charge is 0.329 e. The minimum absolute atomic E-state index is 0.136. The van der Waals surface area contributed by atoms with Gasteiger partial charge in [-0.1, -0.05) is 12.1 Å². The van der Waals surface area contributed by atoms with Crippen molar-refractivity contribution < 1.29 is 32.6 Å². The molecule has 3 rings (SSSR count). The maximum absolute atomic E-state index is 13.6. The molecule has 36 heavy (non-hydrogen) atoms. The van der Waals surface area contributed by atoms with Gasteiger partial charge in [0.2, 0.25) is 0 Å². The number of halogens is 3. The fourth-order valence-corrected chi connectivity index (χ4v) is 3.56. The van der Waals surface area contributed by atoms with Crippen LogP contribution in [0.4, 0.5) is 20.2 Å². The van der Waals surface area contributed by atoms with Crippen molar-refractivity contribution >= 4 is 57.9 Å². The third-order valence-electron chi connectivity index (χ3n) is 4.44. The average Bonchev–Trinajstić information content (AvgIpc) is 2.85. The van der Waals surface area contributed by atoms with Gasteiger partial charge in [-0.15, -0.1) is 0 Å². The van der Waals surface area contributed by atoms with E-state index in [-0.39, 0.29) is 12.3 Å². The number of hydrogen-bond donors (Lipinski definition) is 3. The fourth-order valence-electron chi connectivity index (χ4n) is 2.78. The van der Waals surface area contributed by atoms with Gasteiger partial charge in [0.25, 0.3) is 5.91 Å². The number of rotatable bonds is 8. The lowest BCUT2D eigenvalue weighted by Gasteiger charge is -2.13. The molecule has 0 saturated heterocycles. The molecule has 3 aromatic carbocycles. The molecular formula is C24H19F2IN4O5. The molecule has 0 unspecified atom stereocenters. The number of ether oxygens (including phenoxy) is 2. The first-order valence-corrected chi connectivity index (χ1v) is 11.3. The normalized spacial score (nSPS) is 10.6. The van der Waals surface area contributed by atoms with Crippen molar-refractivity contribution in [2.45, 2.75) is 0 Å². The van der Waals surface area contributed by atoms with Gasteiger partial charge in [-0.25, -0.2) is 14.2 Å². The van der Waals surface area contributed by atoms with Gasteiger partial charge in [-0.2, -0.15) is 5.10 Å². The molecule has 0 radical (unpaired) electrons. The summed E-state index contributed by atoms with van der Waals surface area (Å²) in [6.07, 6.45) is 1.27. The average molecular weight is 608 g/mol. The Morgan fingerprint density at radius 1 is 1.00 bits per heavy atom. The molecule has 3 amide bonds. The number of anilines is 2. The molecule has 186 valence electrons. The molecule has 3 aromatic rings. The predicted octanol–water partition coefficient (Wildman–Crippen LogP) is 3.68. The summed E-state index contributed by atoms with van der Waals surface area (Å²) < 4.78 is 38.1. The summed E-state index contributed by atoms with van der Waals surface area (Å²) in [6, 6.07) is 13.9. The van der Waals surface area contributed by atoms with Crippen molar-refractivity contribution in [3.05, 3.63) is 81.4 Å². The molecule has 9 nitrogen and oxygen atoms in total. The van der Waals surface area contributed by atoms with E-state index in [9.17, 15) is 23.2 Å². The van der Waals surface area contributed by atoms with Gasteiger partial charge in [0.05, 0.1) is 22.6 Å². The van der Waals surface area contributed by atoms with Gasteiger partial charge in [0, 0.05) is 5.69 Å². The van der Waals surface area contributed by atoms with Crippen LogP contribution in [0, 0.1) is 15.2 Å². The monoisotopic (exact) mass is 608 g/mol. The molecule has 0 heterocycles. The van der Waals surface area contributed by atoms with E-state index in [1.54, 1.807) is 12.1 Å². The number of amides is 3. The highest BCUT2D eigenvalue weighted by atomic mass is 127. The molecule has 0 atom stereocenters. The van der Waals surface area contributed by atoms with E-state index in [2.05, 4.69) is 21.2 Å². The Balaban J connectivity index is 1.58. The van der Waals surface area contributed by atoms with Crippen molar-refractivity contribution in [2.24, 2.45) is 5.10 Å². The summed E-state index contributed by atoms with van der Waals surface area (Å²) in [5.74, 6) is -3.15. The van der Waals surface area contributed by atoms with Crippen LogP contribution in [0.3, 0.4) is 0 Å². The number of nitrogens with one attached hydrogen (secondary N) is 3. The number of nitrogens with zero attached hydrogens (tertiary/aromatic N) is 1. The van der Waals surface area contributed by atoms with Crippen LogP contribution >= 0.6 is 22.6 Å². The highest BCUT2D eigenvalue weighted by Crippen LogP contribution is 2.33. The molecule has 0 aromatic heterocycles. The highest BCUT2D eigenvalue weighted by molar-refractivity contribution is 14.1. The van der Waals surface area contributed by atoms with Gasteiger partial charge < -0.3 is 20.1 Å². The Morgan fingerprint density at radius 3 is 2.42 bits per heavy atom. The fraction of sp³-hybridized carbons (Fsp3) is 0.0833. The van der Waals surface area contributed by atoms with Crippen LogP contribution < -0.4 is 25.5 Å². The second-order valence-electron chi connectivity index (χ2n) is 7.01. The molecular weight excluding hydrogens is 589 g/mol. The molecule has 0 bridgehead atoms. The molecule has 3 N–H and O–H groups in total. The number of methoxy groups -OCH3 is 1. The van der Waals surface area contributed by atoms with E-state index in [1.165, 1.54) is 55.8 Å². The first-order chi connectivity index (χ1) is 17.3. The van der Waals surface area contributed by atoms with Crippen LogP contribution in [0.2, 0.25) is 0 Å². The lowest BCUT2D eigenvalue weighted by atomic mass is 10.2. The Labute approximate surface area is 218 Å². The van der Waals surface area contributed by atoms with Crippen LogP contribution in [-0.2, 0) is 14.4 Å². The number of hydrogen-bond acceptors (Lipinski definition) is 6. The van der Waals surface area contributed by atoms with E-state index < -0.39 is 29.4 Å². The SMILES string of the molecule is COc1cc(/C=N\NC(=O)C(=O)Nc2ccccc2F)cc(I)c1OCC(=O)Nc1ccc(F)cc1. The molecule has 0 aliphatic heterocycles. The van der Waals surface area contributed by atoms with Gasteiger partial charge in [-0.3, -0.25) is 14.4 Å². The minimum Gasteiger partial charge on any atom is -0.493 e. The summed E-state index contributed by atoms with van der Waals surface area (Å²) in [7, 11) is 1.41.